The van der Waals surface area contributed by atoms with Crippen LogP contribution >= 0.6 is 11.6 Å². The SMILES string of the molecule is CCOc1ccc(S(=O)(=O)N2CCc3nc4ccc(Cl)cn4c(=O)c3C2)cc1F. The molecule has 0 N–H and O–H groups in total. The Labute approximate surface area is 171 Å². The van der Waals surface area contributed by atoms with Crippen LogP contribution in [0.2, 0.25) is 5.02 Å². The van der Waals surface area contributed by atoms with Gasteiger partial charge in [-0.2, -0.15) is 4.31 Å². The molecule has 0 bridgehead atoms. The zero-order valence-electron chi connectivity index (χ0n) is 15.4. The van der Waals surface area contributed by atoms with Crippen molar-refractivity contribution in [1.82, 2.24) is 13.7 Å². The summed E-state index contributed by atoms with van der Waals surface area (Å²) in [4.78, 5) is 17.1. The van der Waals surface area contributed by atoms with E-state index in [9.17, 15) is 17.6 Å². The number of halogens is 2. The van der Waals surface area contributed by atoms with Crippen LogP contribution in [0, 0.1) is 5.82 Å². The molecule has 2 aromatic heterocycles. The minimum Gasteiger partial charge on any atom is -0.491 e. The molecule has 0 saturated carbocycles. The molecule has 10 heteroatoms. The molecule has 0 atom stereocenters. The number of aromatic nitrogens is 2. The molecule has 3 aromatic rings. The average Bonchev–Trinajstić information content (AvgIpc) is 2.70. The van der Waals surface area contributed by atoms with E-state index in [2.05, 4.69) is 4.98 Å². The molecule has 0 unspecified atom stereocenters. The van der Waals surface area contributed by atoms with Crippen LogP contribution in [-0.2, 0) is 23.0 Å². The van der Waals surface area contributed by atoms with Gasteiger partial charge in [0.15, 0.2) is 11.6 Å². The minimum atomic E-state index is -4.00. The minimum absolute atomic E-state index is 0.0127. The van der Waals surface area contributed by atoms with Gasteiger partial charge >= 0.3 is 0 Å². The predicted octanol–water partition coefficient (Wildman–Crippen LogP) is 2.63. The lowest BCUT2D eigenvalue weighted by Gasteiger charge is -2.27. The van der Waals surface area contributed by atoms with Crippen LogP contribution in [0.25, 0.3) is 5.65 Å². The summed E-state index contributed by atoms with van der Waals surface area (Å²) in [5.41, 5.74) is 0.918. The van der Waals surface area contributed by atoms with Crippen molar-refractivity contribution in [2.24, 2.45) is 0 Å². The second kappa shape index (κ2) is 7.40. The third-order valence-corrected chi connectivity index (χ3v) is 6.80. The zero-order chi connectivity index (χ0) is 20.8. The van der Waals surface area contributed by atoms with Crippen molar-refractivity contribution in [3.05, 3.63) is 69.0 Å². The maximum atomic E-state index is 14.2. The van der Waals surface area contributed by atoms with Crippen LogP contribution in [0.15, 0.2) is 46.2 Å². The number of hydrogen-bond donors (Lipinski definition) is 0. The van der Waals surface area contributed by atoms with E-state index in [1.807, 2.05) is 0 Å². The lowest BCUT2D eigenvalue weighted by molar-refractivity contribution is 0.320. The van der Waals surface area contributed by atoms with Gasteiger partial charge in [0.25, 0.3) is 5.56 Å². The molecule has 0 amide bonds. The molecule has 0 radical (unpaired) electrons. The number of ether oxygens (including phenoxy) is 1. The van der Waals surface area contributed by atoms with Gasteiger partial charge in [-0.05, 0) is 37.3 Å². The third kappa shape index (κ3) is 3.50. The van der Waals surface area contributed by atoms with Crippen molar-refractivity contribution in [1.29, 1.82) is 0 Å². The van der Waals surface area contributed by atoms with E-state index >= 15 is 0 Å². The van der Waals surface area contributed by atoms with E-state index in [-0.39, 0.29) is 47.9 Å². The summed E-state index contributed by atoms with van der Waals surface area (Å²) in [6.45, 7) is 1.97. The largest absolute Gasteiger partial charge is 0.491 e. The van der Waals surface area contributed by atoms with Crippen molar-refractivity contribution >= 4 is 27.3 Å². The first kappa shape index (κ1) is 19.8. The number of benzene rings is 1. The van der Waals surface area contributed by atoms with Crippen LogP contribution in [0.3, 0.4) is 0 Å². The molecule has 152 valence electrons. The van der Waals surface area contributed by atoms with Gasteiger partial charge in [-0.1, -0.05) is 11.6 Å². The standard InChI is InChI=1S/C19H17ClFN3O4S/c1-2-28-17-5-4-13(9-15(17)21)29(26,27)23-8-7-16-14(11-23)19(25)24-10-12(20)3-6-18(24)22-16/h3-6,9-10H,2,7-8,11H2,1H3. The van der Waals surface area contributed by atoms with Crippen molar-refractivity contribution < 1.29 is 17.5 Å². The highest BCUT2D eigenvalue weighted by Crippen LogP contribution is 2.26. The molecular weight excluding hydrogens is 421 g/mol. The predicted molar refractivity (Wildman–Crippen MR) is 105 cm³/mol. The molecule has 3 heterocycles. The number of hydrogen-bond acceptors (Lipinski definition) is 5. The van der Waals surface area contributed by atoms with Crippen LogP contribution in [0.1, 0.15) is 18.2 Å². The number of pyridine rings is 1. The van der Waals surface area contributed by atoms with E-state index in [0.29, 0.717) is 16.4 Å². The average molecular weight is 438 g/mol. The van der Waals surface area contributed by atoms with Crippen LogP contribution in [-0.4, -0.2) is 35.3 Å². The fourth-order valence-corrected chi connectivity index (χ4v) is 4.90. The van der Waals surface area contributed by atoms with Gasteiger partial charge in [-0.25, -0.2) is 17.8 Å². The Morgan fingerprint density at radius 3 is 2.79 bits per heavy atom. The Balaban J connectivity index is 1.72. The molecule has 0 aliphatic carbocycles. The first-order valence-electron chi connectivity index (χ1n) is 8.93. The van der Waals surface area contributed by atoms with E-state index in [1.165, 1.54) is 22.7 Å². The maximum Gasteiger partial charge on any atom is 0.262 e. The summed E-state index contributed by atoms with van der Waals surface area (Å²) in [5, 5.41) is 0.367. The number of rotatable bonds is 4. The van der Waals surface area contributed by atoms with Gasteiger partial charge < -0.3 is 4.74 Å². The van der Waals surface area contributed by atoms with E-state index < -0.39 is 15.8 Å². The fraction of sp³-hybridized carbons (Fsp3) is 0.263. The third-order valence-electron chi connectivity index (χ3n) is 4.74. The van der Waals surface area contributed by atoms with Gasteiger partial charge in [-0.15, -0.1) is 0 Å². The molecule has 7 nitrogen and oxygen atoms in total. The van der Waals surface area contributed by atoms with Gasteiger partial charge in [-0.3, -0.25) is 9.20 Å². The highest BCUT2D eigenvalue weighted by Gasteiger charge is 2.31. The second-order valence-corrected chi connectivity index (χ2v) is 8.91. The van der Waals surface area contributed by atoms with Crippen LogP contribution in [0.4, 0.5) is 4.39 Å². The highest BCUT2D eigenvalue weighted by molar-refractivity contribution is 7.89. The molecular formula is C19H17ClFN3O4S. The quantitative estimate of drug-likeness (QED) is 0.626. The molecule has 0 saturated heterocycles. The first-order chi connectivity index (χ1) is 13.8. The monoisotopic (exact) mass is 437 g/mol. The van der Waals surface area contributed by atoms with Gasteiger partial charge in [0.2, 0.25) is 10.0 Å². The zero-order valence-corrected chi connectivity index (χ0v) is 17.0. The van der Waals surface area contributed by atoms with Gasteiger partial charge in [0.1, 0.15) is 5.65 Å². The van der Waals surface area contributed by atoms with Crippen molar-refractivity contribution in [2.45, 2.75) is 24.8 Å². The fourth-order valence-electron chi connectivity index (χ4n) is 3.32. The van der Waals surface area contributed by atoms with Crippen LogP contribution < -0.4 is 10.3 Å². The molecule has 29 heavy (non-hydrogen) atoms. The molecule has 1 aliphatic heterocycles. The van der Waals surface area contributed by atoms with Crippen molar-refractivity contribution in [3.63, 3.8) is 0 Å². The second-order valence-electron chi connectivity index (χ2n) is 6.53. The smallest absolute Gasteiger partial charge is 0.262 e. The Morgan fingerprint density at radius 1 is 1.28 bits per heavy atom. The van der Waals surface area contributed by atoms with E-state index in [1.54, 1.807) is 19.1 Å². The lowest BCUT2D eigenvalue weighted by Crippen LogP contribution is -2.40. The lowest BCUT2D eigenvalue weighted by atomic mass is 10.1. The van der Waals surface area contributed by atoms with Crippen LogP contribution in [0.5, 0.6) is 5.75 Å². The summed E-state index contributed by atoms with van der Waals surface area (Å²) < 4.78 is 47.8. The molecule has 1 aliphatic rings. The molecule has 4 rings (SSSR count). The Kier molecular flexibility index (Phi) is 5.05. The van der Waals surface area contributed by atoms with E-state index in [0.717, 1.165) is 10.4 Å². The Hall–Kier alpha value is -2.49. The summed E-state index contributed by atoms with van der Waals surface area (Å²) in [7, 11) is -4.00. The summed E-state index contributed by atoms with van der Waals surface area (Å²) in [5.74, 6) is -0.770. The summed E-state index contributed by atoms with van der Waals surface area (Å²) in [6, 6.07) is 6.78. The van der Waals surface area contributed by atoms with E-state index in [4.69, 9.17) is 16.3 Å². The molecule has 0 fully saturated rings. The van der Waals surface area contributed by atoms with Crippen molar-refractivity contribution in [3.8, 4) is 5.75 Å². The van der Waals surface area contributed by atoms with Crippen molar-refractivity contribution in [2.75, 3.05) is 13.2 Å². The maximum absolute atomic E-state index is 14.2. The Morgan fingerprint density at radius 2 is 2.07 bits per heavy atom. The normalized spacial score (nSPS) is 14.7. The number of fused-ring (bicyclic) bond motifs is 2. The van der Waals surface area contributed by atoms with Gasteiger partial charge in [0, 0.05) is 25.7 Å². The number of sulfonamides is 1. The molecule has 1 aromatic carbocycles. The summed E-state index contributed by atoms with van der Waals surface area (Å²) in [6.07, 6.45) is 1.73. The Bertz CT molecular complexity index is 1280. The molecule has 0 spiro atoms. The summed E-state index contributed by atoms with van der Waals surface area (Å²) >= 11 is 5.97. The topological polar surface area (TPSA) is 81.0 Å². The number of nitrogens with zero attached hydrogens (tertiary/aromatic N) is 3. The first-order valence-corrected chi connectivity index (χ1v) is 10.7. The highest BCUT2D eigenvalue weighted by atomic mass is 35.5. The van der Waals surface area contributed by atoms with Gasteiger partial charge in [0.05, 0.1) is 27.8 Å².